The first-order chi connectivity index (χ1) is 15.5. The number of halogens is 1. The summed E-state index contributed by atoms with van der Waals surface area (Å²) in [5.41, 5.74) is 2.10. The van der Waals surface area contributed by atoms with Gasteiger partial charge >= 0.3 is 0 Å². The van der Waals surface area contributed by atoms with Crippen molar-refractivity contribution < 1.29 is 14.3 Å². The van der Waals surface area contributed by atoms with Crippen molar-refractivity contribution in [3.63, 3.8) is 0 Å². The van der Waals surface area contributed by atoms with Crippen LogP contribution in [0, 0.1) is 0 Å². The fourth-order valence-electron chi connectivity index (χ4n) is 3.57. The van der Waals surface area contributed by atoms with Crippen LogP contribution in [0.25, 0.3) is 5.69 Å². The molecule has 1 fully saturated rings. The lowest BCUT2D eigenvalue weighted by atomic mass is 10.2. The Morgan fingerprint density at radius 2 is 1.78 bits per heavy atom. The zero-order valence-electron chi connectivity index (χ0n) is 17.7. The van der Waals surface area contributed by atoms with Gasteiger partial charge in [0.1, 0.15) is 5.75 Å². The van der Waals surface area contributed by atoms with Crippen molar-refractivity contribution in [3.05, 3.63) is 71.5 Å². The van der Waals surface area contributed by atoms with Crippen molar-refractivity contribution in [2.75, 3.05) is 44.7 Å². The van der Waals surface area contributed by atoms with E-state index in [9.17, 15) is 9.59 Å². The second-order valence-electron chi connectivity index (χ2n) is 7.37. The fourth-order valence-corrected chi connectivity index (χ4v) is 3.75. The number of methoxy groups -OCH3 is 1. The Balaban J connectivity index is 1.27. The summed E-state index contributed by atoms with van der Waals surface area (Å²) in [4.78, 5) is 29.0. The van der Waals surface area contributed by atoms with Gasteiger partial charge in [0.25, 0.3) is 5.91 Å². The number of carbonyl (C=O) groups is 2. The molecule has 166 valence electrons. The van der Waals surface area contributed by atoms with E-state index in [1.807, 2.05) is 48.5 Å². The maximum atomic E-state index is 12.6. The summed E-state index contributed by atoms with van der Waals surface area (Å²) in [7, 11) is 1.60. The molecule has 1 N–H and O–H groups in total. The molecule has 0 bridgehead atoms. The van der Waals surface area contributed by atoms with Crippen LogP contribution in [0.1, 0.15) is 10.5 Å². The first-order valence-electron chi connectivity index (χ1n) is 10.3. The molecule has 0 saturated carbocycles. The highest BCUT2D eigenvalue weighted by atomic mass is 35.5. The van der Waals surface area contributed by atoms with Crippen molar-refractivity contribution in [1.29, 1.82) is 0 Å². The van der Waals surface area contributed by atoms with Crippen molar-refractivity contribution in [2.24, 2.45) is 0 Å². The molecule has 32 heavy (non-hydrogen) atoms. The van der Waals surface area contributed by atoms with E-state index in [4.69, 9.17) is 16.3 Å². The highest BCUT2D eigenvalue weighted by molar-refractivity contribution is 6.30. The molecule has 4 rings (SSSR count). The Hall–Kier alpha value is -3.52. The third-order valence-electron chi connectivity index (χ3n) is 5.36. The van der Waals surface area contributed by atoms with Gasteiger partial charge in [0.2, 0.25) is 5.91 Å². The lowest BCUT2D eigenvalue weighted by Crippen LogP contribution is -2.51. The van der Waals surface area contributed by atoms with Crippen LogP contribution >= 0.6 is 11.6 Å². The summed E-state index contributed by atoms with van der Waals surface area (Å²) in [6.45, 7) is 2.55. The SMILES string of the molecule is COc1ccc(-n2ccc(C(=O)NCC(=O)N3CCN(c4cccc(Cl)c4)CC3)n2)cc1. The second-order valence-corrected chi connectivity index (χ2v) is 7.81. The van der Waals surface area contributed by atoms with Crippen LogP contribution in [0.4, 0.5) is 5.69 Å². The van der Waals surface area contributed by atoms with Crippen LogP contribution in [0.2, 0.25) is 5.02 Å². The molecular formula is C23H24ClN5O3. The minimum absolute atomic E-state index is 0.0641. The maximum Gasteiger partial charge on any atom is 0.272 e. The first-order valence-corrected chi connectivity index (χ1v) is 10.7. The number of piperazine rings is 1. The molecular weight excluding hydrogens is 430 g/mol. The van der Waals surface area contributed by atoms with E-state index in [1.165, 1.54) is 0 Å². The first kappa shape index (κ1) is 21.7. The molecule has 0 unspecified atom stereocenters. The molecule has 1 saturated heterocycles. The topological polar surface area (TPSA) is 79.7 Å². The smallest absolute Gasteiger partial charge is 0.272 e. The predicted octanol–water partition coefficient (Wildman–Crippen LogP) is 2.61. The summed E-state index contributed by atoms with van der Waals surface area (Å²) in [5.74, 6) is 0.243. The number of anilines is 1. The number of nitrogens with zero attached hydrogens (tertiary/aromatic N) is 4. The van der Waals surface area contributed by atoms with Crippen LogP contribution in [0.5, 0.6) is 5.75 Å². The monoisotopic (exact) mass is 453 g/mol. The Morgan fingerprint density at radius 3 is 2.47 bits per heavy atom. The van der Waals surface area contributed by atoms with Gasteiger partial charge in [-0.3, -0.25) is 9.59 Å². The Bertz CT molecular complexity index is 1090. The van der Waals surface area contributed by atoms with Gasteiger partial charge < -0.3 is 19.9 Å². The van der Waals surface area contributed by atoms with Gasteiger partial charge in [-0.15, -0.1) is 0 Å². The number of amides is 2. The molecule has 2 heterocycles. The third kappa shape index (κ3) is 5.03. The average Bonchev–Trinajstić information content (AvgIpc) is 3.33. The van der Waals surface area contributed by atoms with E-state index in [0.29, 0.717) is 31.2 Å². The number of ether oxygens (including phenoxy) is 1. The Kier molecular flexibility index (Phi) is 6.61. The van der Waals surface area contributed by atoms with E-state index in [2.05, 4.69) is 15.3 Å². The third-order valence-corrected chi connectivity index (χ3v) is 5.60. The standard InChI is InChI=1S/C23H24ClN5O3/c1-32-20-7-5-18(6-8-20)29-10-9-21(26-29)23(31)25-16-22(30)28-13-11-27(12-14-28)19-4-2-3-17(24)15-19/h2-10,15H,11-14,16H2,1H3,(H,25,31). The zero-order chi connectivity index (χ0) is 22.5. The van der Waals surface area contributed by atoms with Gasteiger partial charge in [0, 0.05) is 43.1 Å². The van der Waals surface area contributed by atoms with Crippen LogP contribution in [0.3, 0.4) is 0 Å². The summed E-state index contributed by atoms with van der Waals surface area (Å²) >= 11 is 6.07. The molecule has 1 aliphatic rings. The molecule has 9 heteroatoms. The predicted molar refractivity (Wildman–Crippen MR) is 123 cm³/mol. The van der Waals surface area contributed by atoms with Crippen molar-refractivity contribution in [1.82, 2.24) is 20.0 Å². The molecule has 0 atom stereocenters. The molecule has 0 spiro atoms. The molecule has 2 amide bonds. The second kappa shape index (κ2) is 9.74. The van der Waals surface area contributed by atoms with Gasteiger partial charge in [-0.1, -0.05) is 17.7 Å². The van der Waals surface area contributed by atoms with Crippen LogP contribution in [0.15, 0.2) is 60.8 Å². The lowest BCUT2D eigenvalue weighted by molar-refractivity contribution is -0.130. The highest BCUT2D eigenvalue weighted by Crippen LogP contribution is 2.20. The molecule has 1 aliphatic heterocycles. The van der Waals surface area contributed by atoms with E-state index >= 15 is 0 Å². The van der Waals surface area contributed by atoms with Crippen LogP contribution in [-0.2, 0) is 4.79 Å². The number of rotatable bonds is 6. The van der Waals surface area contributed by atoms with E-state index < -0.39 is 0 Å². The number of nitrogens with one attached hydrogen (secondary N) is 1. The Morgan fingerprint density at radius 1 is 1.03 bits per heavy atom. The largest absolute Gasteiger partial charge is 0.497 e. The number of benzene rings is 2. The van der Waals surface area contributed by atoms with Gasteiger partial charge in [0.05, 0.1) is 19.3 Å². The fraction of sp³-hybridized carbons (Fsp3) is 0.261. The molecule has 0 aliphatic carbocycles. The number of hydrogen-bond acceptors (Lipinski definition) is 5. The van der Waals surface area contributed by atoms with Gasteiger partial charge in [-0.25, -0.2) is 4.68 Å². The number of hydrogen-bond donors (Lipinski definition) is 1. The van der Waals surface area contributed by atoms with Crippen molar-refractivity contribution in [3.8, 4) is 11.4 Å². The lowest BCUT2D eigenvalue weighted by Gasteiger charge is -2.36. The summed E-state index contributed by atoms with van der Waals surface area (Å²) in [6.07, 6.45) is 1.70. The van der Waals surface area contributed by atoms with Crippen LogP contribution in [-0.4, -0.2) is 66.3 Å². The minimum Gasteiger partial charge on any atom is -0.497 e. The number of aromatic nitrogens is 2. The molecule has 2 aromatic carbocycles. The van der Waals surface area contributed by atoms with Crippen LogP contribution < -0.4 is 15.0 Å². The van der Waals surface area contributed by atoms with E-state index in [0.717, 1.165) is 17.1 Å². The molecule has 8 nitrogen and oxygen atoms in total. The van der Waals surface area contributed by atoms with E-state index in [-0.39, 0.29) is 24.1 Å². The quantitative estimate of drug-likeness (QED) is 0.620. The average molecular weight is 454 g/mol. The van der Waals surface area contributed by atoms with E-state index in [1.54, 1.807) is 29.0 Å². The zero-order valence-corrected chi connectivity index (χ0v) is 18.5. The molecule has 0 radical (unpaired) electrons. The van der Waals surface area contributed by atoms with Crippen molar-refractivity contribution in [2.45, 2.75) is 0 Å². The molecule has 1 aromatic heterocycles. The number of carbonyl (C=O) groups excluding carboxylic acids is 2. The van der Waals surface area contributed by atoms with Gasteiger partial charge in [0.15, 0.2) is 5.69 Å². The van der Waals surface area contributed by atoms with Gasteiger partial charge in [-0.2, -0.15) is 5.10 Å². The maximum absolute atomic E-state index is 12.6. The summed E-state index contributed by atoms with van der Waals surface area (Å²) < 4.78 is 6.75. The summed E-state index contributed by atoms with van der Waals surface area (Å²) in [6, 6.07) is 16.6. The summed E-state index contributed by atoms with van der Waals surface area (Å²) in [5, 5.41) is 7.66. The highest BCUT2D eigenvalue weighted by Gasteiger charge is 2.22. The van der Waals surface area contributed by atoms with Gasteiger partial charge in [-0.05, 0) is 48.5 Å². The molecule has 3 aromatic rings. The Labute approximate surface area is 191 Å². The van der Waals surface area contributed by atoms with Crippen molar-refractivity contribution >= 4 is 29.1 Å². The normalized spacial score (nSPS) is 13.7. The minimum atomic E-state index is -0.386.